The van der Waals surface area contributed by atoms with Crippen LogP contribution < -0.4 is 4.90 Å². The number of morpholine rings is 1. The predicted octanol–water partition coefficient (Wildman–Crippen LogP) is 5.02. The zero-order valence-electron chi connectivity index (χ0n) is 17.0. The first-order valence-electron chi connectivity index (χ1n) is 10.2. The molecule has 3 aromatic rings. The molecule has 1 saturated heterocycles. The fourth-order valence-corrected chi connectivity index (χ4v) is 4.00. The number of ether oxygens (including phenoxy) is 1. The van der Waals surface area contributed by atoms with Crippen molar-refractivity contribution in [3.8, 4) is 0 Å². The molecular weight excluding hydrogens is 456 g/mol. The summed E-state index contributed by atoms with van der Waals surface area (Å²) in [6, 6.07) is 14.0. The van der Waals surface area contributed by atoms with E-state index in [9.17, 15) is 9.59 Å². The molecule has 158 valence electrons. The van der Waals surface area contributed by atoms with E-state index < -0.39 is 0 Å². The second kappa shape index (κ2) is 9.90. The molecule has 1 aliphatic heterocycles. The molecule has 31 heavy (non-hydrogen) atoms. The number of rotatable bonds is 7. The van der Waals surface area contributed by atoms with E-state index in [0.29, 0.717) is 0 Å². The van der Waals surface area contributed by atoms with Crippen molar-refractivity contribution in [2.24, 2.45) is 0 Å². The number of hydrogen-bond donors (Lipinski definition) is 1. The third-order valence-corrected chi connectivity index (χ3v) is 5.89. The van der Waals surface area contributed by atoms with Gasteiger partial charge in [0.15, 0.2) is 11.6 Å². The summed E-state index contributed by atoms with van der Waals surface area (Å²) in [5.41, 5.74) is 3.94. The molecule has 5 nitrogen and oxygen atoms in total. The second-order valence-corrected chi connectivity index (χ2v) is 8.26. The Labute approximate surface area is 189 Å². The Morgan fingerprint density at radius 1 is 1.00 bits per heavy atom. The van der Waals surface area contributed by atoms with E-state index in [2.05, 4.69) is 25.8 Å². The third-order valence-electron chi connectivity index (χ3n) is 5.20. The zero-order chi connectivity index (χ0) is 21.6. The van der Waals surface area contributed by atoms with E-state index in [1.54, 1.807) is 12.2 Å². The highest BCUT2D eigenvalue weighted by atomic mass is 79.9. The molecule has 2 aromatic carbocycles. The van der Waals surface area contributed by atoms with E-state index >= 15 is 0 Å². The van der Waals surface area contributed by atoms with Crippen LogP contribution >= 0.6 is 15.9 Å². The maximum absolute atomic E-state index is 12.2. The largest absolute Gasteiger partial charge is 0.378 e. The normalized spacial score (nSPS) is 14.7. The Morgan fingerprint density at radius 3 is 2.55 bits per heavy atom. The van der Waals surface area contributed by atoms with Gasteiger partial charge < -0.3 is 14.6 Å². The highest BCUT2D eigenvalue weighted by Gasteiger charge is 2.12. The van der Waals surface area contributed by atoms with E-state index in [1.807, 2.05) is 48.7 Å². The van der Waals surface area contributed by atoms with Crippen LogP contribution in [0.4, 0.5) is 5.69 Å². The van der Waals surface area contributed by atoms with Crippen LogP contribution in [0.25, 0.3) is 23.1 Å². The predicted molar refractivity (Wildman–Crippen MR) is 128 cm³/mol. The van der Waals surface area contributed by atoms with Crippen LogP contribution in [-0.4, -0.2) is 42.9 Å². The maximum Gasteiger partial charge on any atom is 0.163 e. The highest BCUT2D eigenvalue weighted by molar-refractivity contribution is 9.10. The van der Waals surface area contributed by atoms with Crippen molar-refractivity contribution in [2.45, 2.75) is 6.42 Å². The first kappa shape index (κ1) is 21.3. The Hall–Kier alpha value is -2.96. The van der Waals surface area contributed by atoms with Gasteiger partial charge in [0.25, 0.3) is 0 Å². The van der Waals surface area contributed by atoms with Crippen LogP contribution in [0.5, 0.6) is 0 Å². The van der Waals surface area contributed by atoms with E-state index in [0.717, 1.165) is 58.5 Å². The van der Waals surface area contributed by atoms with Crippen molar-refractivity contribution in [3.05, 3.63) is 76.4 Å². The summed E-state index contributed by atoms with van der Waals surface area (Å²) in [5, 5.41) is 1.12. The monoisotopic (exact) mass is 478 g/mol. The number of carbonyl (C=O) groups is 2. The van der Waals surface area contributed by atoms with Gasteiger partial charge in [0.05, 0.1) is 19.6 Å². The molecule has 0 aliphatic carbocycles. The molecule has 6 heteroatoms. The Morgan fingerprint density at radius 2 is 1.77 bits per heavy atom. The van der Waals surface area contributed by atoms with E-state index in [1.165, 1.54) is 12.2 Å². The lowest BCUT2D eigenvalue weighted by molar-refractivity contribution is -0.121. The first-order chi connectivity index (χ1) is 15.1. The minimum Gasteiger partial charge on any atom is -0.378 e. The molecule has 1 aliphatic rings. The molecule has 0 spiro atoms. The number of nitrogens with one attached hydrogen (secondary N) is 1. The molecular formula is C25H23BrN2O3. The van der Waals surface area contributed by atoms with Crippen molar-refractivity contribution >= 4 is 56.2 Å². The molecule has 1 N–H and O–H groups in total. The van der Waals surface area contributed by atoms with Gasteiger partial charge >= 0.3 is 0 Å². The van der Waals surface area contributed by atoms with Gasteiger partial charge in [-0.2, -0.15) is 0 Å². The fraction of sp³-hybridized carbons (Fsp3) is 0.200. The van der Waals surface area contributed by atoms with Gasteiger partial charge in [0.2, 0.25) is 0 Å². The summed E-state index contributed by atoms with van der Waals surface area (Å²) >= 11 is 3.58. The summed E-state index contributed by atoms with van der Waals surface area (Å²) in [7, 11) is 0. The number of aromatic nitrogens is 1. The highest BCUT2D eigenvalue weighted by Crippen LogP contribution is 2.26. The van der Waals surface area contributed by atoms with Crippen molar-refractivity contribution in [1.29, 1.82) is 0 Å². The summed E-state index contributed by atoms with van der Waals surface area (Å²) in [6.45, 7) is 3.21. The second-order valence-electron chi connectivity index (χ2n) is 7.41. The molecule has 0 radical (unpaired) electrons. The Balaban J connectivity index is 1.33. The standard InChI is InChI=1S/C25H23BrN2O3/c26-24-16-21(28-11-13-31-14-12-28)6-4-19(24)5-8-23(30)17-22(29)7-2-18-1-3-20-9-10-27-25(20)15-18/h1-10,15-16,27H,11-14,17H2. The number of ketones is 2. The van der Waals surface area contributed by atoms with Gasteiger partial charge in [0.1, 0.15) is 0 Å². The molecule has 1 fully saturated rings. The molecule has 0 amide bonds. The number of carbonyl (C=O) groups excluding carboxylic acids is 2. The van der Waals surface area contributed by atoms with Crippen LogP contribution in [0.3, 0.4) is 0 Å². The number of halogens is 1. The molecule has 0 unspecified atom stereocenters. The number of fused-ring (bicyclic) bond motifs is 1. The quantitative estimate of drug-likeness (QED) is 0.382. The zero-order valence-corrected chi connectivity index (χ0v) is 18.6. The summed E-state index contributed by atoms with van der Waals surface area (Å²) in [4.78, 5) is 29.8. The smallest absolute Gasteiger partial charge is 0.163 e. The Bertz CT molecular complexity index is 1160. The minimum absolute atomic E-state index is 0.152. The third kappa shape index (κ3) is 5.60. The fourth-order valence-electron chi connectivity index (χ4n) is 3.50. The lowest BCUT2D eigenvalue weighted by Crippen LogP contribution is -2.36. The number of benzene rings is 2. The number of hydrogen-bond acceptors (Lipinski definition) is 4. The maximum atomic E-state index is 12.2. The topological polar surface area (TPSA) is 62.4 Å². The lowest BCUT2D eigenvalue weighted by Gasteiger charge is -2.29. The molecule has 0 bridgehead atoms. The summed E-state index contributed by atoms with van der Waals surface area (Å²) in [5.74, 6) is -0.443. The van der Waals surface area contributed by atoms with Gasteiger partial charge in [-0.25, -0.2) is 0 Å². The number of aromatic amines is 1. The first-order valence-corrected chi connectivity index (χ1v) is 11.0. The van der Waals surface area contributed by atoms with Crippen LogP contribution in [0.15, 0.2) is 65.3 Å². The number of H-pyrrole nitrogens is 1. The average molecular weight is 479 g/mol. The van der Waals surface area contributed by atoms with Gasteiger partial charge in [-0.3, -0.25) is 9.59 Å². The summed E-state index contributed by atoms with van der Waals surface area (Å²) in [6.07, 6.45) is 8.13. The minimum atomic E-state index is -0.223. The van der Waals surface area contributed by atoms with Crippen molar-refractivity contribution < 1.29 is 14.3 Å². The van der Waals surface area contributed by atoms with Crippen molar-refractivity contribution in [3.63, 3.8) is 0 Å². The molecule has 1 aromatic heterocycles. The van der Waals surface area contributed by atoms with Crippen LogP contribution in [-0.2, 0) is 14.3 Å². The van der Waals surface area contributed by atoms with Crippen LogP contribution in [0.2, 0.25) is 0 Å². The molecule has 2 heterocycles. The van der Waals surface area contributed by atoms with Crippen LogP contribution in [0.1, 0.15) is 17.5 Å². The van der Waals surface area contributed by atoms with Crippen LogP contribution in [0, 0.1) is 0 Å². The Kier molecular flexibility index (Phi) is 6.79. The van der Waals surface area contributed by atoms with E-state index in [-0.39, 0.29) is 18.0 Å². The number of nitrogens with zero attached hydrogens (tertiary/aromatic N) is 1. The lowest BCUT2D eigenvalue weighted by atomic mass is 10.1. The molecule has 0 saturated carbocycles. The van der Waals surface area contributed by atoms with Crippen molar-refractivity contribution in [2.75, 3.05) is 31.2 Å². The van der Waals surface area contributed by atoms with E-state index in [4.69, 9.17) is 4.74 Å². The number of anilines is 1. The van der Waals surface area contributed by atoms with Gasteiger partial charge in [-0.15, -0.1) is 0 Å². The number of allylic oxidation sites excluding steroid dienone is 2. The summed E-state index contributed by atoms with van der Waals surface area (Å²) < 4.78 is 6.30. The van der Waals surface area contributed by atoms with Gasteiger partial charge in [0, 0.05) is 35.0 Å². The van der Waals surface area contributed by atoms with Crippen molar-refractivity contribution in [1.82, 2.24) is 4.98 Å². The van der Waals surface area contributed by atoms with Gasteiger partial charge in [-0.05, 0) is 52.9 Å². The average Bonchev–Trinajstić information content (AvgIpc) is 3.25. The van der Waals surface area contributed by atoms with Gasteiger partial charge in [-0.1, -0.05) is 46.3 Å². The molecule has 4 rings (SSSR count). The molecule has 0 atom stereocenters. The SMILES string of the molecule is O=C(C=Cc1ccc2cc[nH]c2c1)CC(=O)C=Cc1ccc(N2CCOCC2)cc1Br.